The molecule has 1 unspecified atom stereocenters. The van der Waals surface area contributed by atoms with Crippen molar-refractivity contribution in [3.05, 3.63) is 0 Å². The van der Waals surface area contributed by atoms with Crippen LogP contribution in [-0.2, 0) is 14.3 Å². The van der Waals surface area contributed by atoms with Crippen LogP contribution in [0.25, 0.3) is 0 Å². The second-order valence-electron chi connectivity index (χ2n) is 3.56. The lowest BCUT2D eigenvalue weighted by Gasteiger charge is -2.14. The third kappa shape index (κ3) is 6.36. The Bertz CT molecular complexity index is 231. The van der Waals surface area contributed by atoms with E-state index in [1.54, 1.807) is 7.11 Å². The van der Waals surface area contributed by atoms with Crippen molar-refractivity contribution in [2.75, 3.05) is 13.7 Å². The number of ether oxygens (including phenoxy) is 1. The molecule has 6 heteroatoms. The molecular formula is C10H19NO5. The summed E-state index contributed by atoms with van der Waals surface area (Å²) in [5.74, 6) is -1.48. The number of aliphatic hydroxyl groups is 1. The van der Waals surface area contributed by atoms with Crippen LogP contribution >= 0.6 is 0 Å². The van der Waals surface area contributed by atoms with E-state index in [0.717, 1.165) is 0 Å². The molecule has 0 fully saturated rings. The Morgan fingerprint density at radius 2 is 2.00 bits per heavy atom. The van der Waals surface area contributed by atoms with E-state index in [1.165, 1.54) is 0 Å². The Balaban J connectivity index is 3.95. The molecule has 0 rings (SSSR count). The highest BCUT2D eigenvalue weighted by Crippen LogP contribution is 2.01. The van der Waals surface area contributed by atoms with Crippen molar-refractivity contribution >= 4 is 11.9 Å². The van der Waals surface area contributed by atoms with Gasteiger partial charge in [0.05, 0.1) is 6.10 Å². The quantitative estimate of drug-likeness (QED) is 0.537. The Kier molecular flexibility index (Phi) is 7.49. The van der Waals surface area contributed by atoms with Crippen LogP contribution in [0.2, 0.25) is 0 Å². The molecule has 0 aromatic heterocycles. The summed E-state index contributed by atoms with van der Waals surface area (Å²) in [6, 6.07) is -1.02. The highest BCUT2D eigenvalue weighted by molar-refractivity contribution is 5.83. The summed E-state index contributed by atoms with van der Waals surface area (Å²) in [6.07, 6.45) is 0.728. The molecule has 0 radical (unpaired) electrons. The Labute approximate surface area is 94.6 Å². The summed E-state index contributed by atoms with van der Waals surface area (Å²) in [4.78, 5) is 22.0. The minimum Gasteiger partial charge on any atom is -0.480 e. The Hall–Kier alpha value is -1.14. The number of carboxylic acid groups (broad SMARTS) is 1. The van der Waals surface area contributed by atoms with Crippen LogP contribution in [0, 0.1) is 0 Å². The fourth-order valence-corrected chi connectivity index (χ4v) is 1.11. The molecule has 0 saturated heterocycles. The molecule has 0 bridgehead atoms. The molecule has 0 spiro atoms. The SMILES string of the molecule is COC(C)CCC(=O)N[C@@H](CCO)C(=O)O. The van der Waals surface area contributed by atoms with E-state index in [9.17, 15) is 9.59 Å². The molecule has 0 aliphatic heterocycles. The summed E-state index contributed by atoms with van der Waals surface area (Å²) in [6.45, 7) is 1.56. The minimum atomic E-state index is -1.14. The average molecular weight is 233 g/mol. The van der Waals surface area contributed by atoms with Gasteiger partial charge in [0.25, 0.3) is 0 Å². The van der Waals surface area contributed by atoms with Gasteiger partial charge in [0, 0.05) is 26.6 Å². The molecule has 0 saturated carbocycles. The maximum Gasteiger partial charge on any atom is 0.326 e. The Morgan fingerprint density at radius 3 is 2.44 bits per heavy atom. The van der Waals surface area contributed by atoms with Crippen LogP contribution < -0.4 is 5.32 Å². The van der Waals surface area contributed by atoms with Crippen molar-refractivity contribution in [1.29, 1.82) is 0 Å². The molecule has 16 heavy (non-hydrogen) atoms. The highest BCUT2D eigenvalue weighted by Gasteiger charge is 2.19. The van der Waals surface area contributed by atoms with E-state index in [4.69, 9.17) is 14.9 Å². The van der Waals surface area contributed by atoms with Crippen LogP contribution in [0.1, 0.15) is 26.2 Å². The topological polar surface area (TPSA) is 95.9 Å². The predicted molar refractivity (Wildman–Crippen MR) is 57.0 cm³/mol. The maximum absolute atomic E-state index is 11.3. The summed E-state index contributed by atoms with van der Waals surface area (Å²) in [5.41, 5.74) is 0. The van der Waals surface area contributed by atoms with Gasteiger partial charge in [-0.05, 0) is 13.3 Å². The Morgan fingerprint density at radius 1 is 1.38 bits per heavy atom. The summed E-state index contributed by atoms with van der Waals surface area (Å²) < 4.78 is 4.96. The van der Waals surface area contributed by atoms with E-state index in [1.807, 2.05) is 6.92 Å². The third-order valence-electron chi connectivity index (χ3n) is 2.23. The fourth-order valence-electron chi connectivity index (χ4n) is 1.11. The number of rotatable bonds is 8. The zero-order chi connectivity index (χ0) is 12.6. The number of nitrogens with one attached hydrogen (secondary N) is 1. The van der Waals surface area contributed by atoms with Crippen LogP contribution in [-0.4, -0.2) is 48.0 Å². The lowest BCUT2D eigenvalue weighted by atomic mass is 10.1. The van der Waals surface area contributed by atoms with Gasteiger partial charge < -0.3 is 20.3 Å². The number of hydrogen-bond acceptors (Lipinski definition) is 4. The van der Waals surface area contributed by atoms with Crippen molar-refractivity contribution in [1.82, 2.24) is 5.32 Å². The van der Waals surface area contributed by atoms with Gasteiger partial charge in [-0.25, -0.2) is 4.79 Å². The first-order valence-corrected chi connectivity index (χ1v) is 5.17. The highest BCUT2D eigenvalue weighted by atomic mass is 16.5. The monoisotopic (exact) mass is 233 g/mol. The number of hydrogen-bond donors (Lipinski definition) is 3. The molecule has 0 aliphatic carbocycles. The average Bonchev–Trinajstić information content (AvgIpc) is 2.25. The molecule has 0 aliphatic rings. The number of aliphatic carboxylic acids is 1. The zero-order valence-corrected chi connectivity index (χ0v) is 9.60. The van der Waals surface area contributed by atoms with E-state index in [0.29, 0.717) is 6.42 Å². The lowest BCUT2D eigenvalue weighted by molar-refractivity contribution is -0.142. The first-order valence-electron chi connectivity index (χ1n) is 5.17. The van der Waals surface area contributed by atoms with Crippen LogP contribution in [0.5, 0.6) is 0 Å². The van der Waals surface area contributed by atoms with Crippen molar-refractivity contribution in [3.8, 4) is 0 Å². The van der Waals surface area contributed by atoms with Gasteiger partial charge in [-0.3, -0.25) is 4.79 Å². The first-order chi connectivity index (χ1) is 7.51. The number of aliphatic hydroxyl groups excluding tert-OH is 1. The van der Waals surface area contributed by atoms with Gasteiger partial charge in [-0.1, -0.05) is 0 Å². The van der Waals surface area contributed by atoms with Gasteiger partial charge in [0.15, 0.2) is 0 Å². The maximum atomic E-state index is 11.3. The standard InChI is InChI=1S/C10H19NO5/c1-7(16-2)3-4-9(13)11-8(5-6-12)10(14)15/h7-8,12H,3-6H2,1-2H3,(H,11,13)(H,14,15)/t7?,8-/m0/s1. The van der Waals surface area contributed by atoms with Crippen molar-refractivity contribution in [3.63, 3.8) is 0 Å². The number of amides is 1. The summed E-state index contributed by atoms with van der Waals surface area (Å²) in [5, 5.41) is 19.7. The van der Waals surface area contributed by atoms with E-state index in [2.05, 4.69) is 5.32 Å². The predicted octanol–water partition coefficient (Wildman–Crippen LogP) is -0.247. The molecule has 2 atom stereocenters. The van der Waals surface area contributed by atoms with Crippen molar-refractivity contribution in [2.24, 2.45) is 0 Å². The molecule has 3 N–H and O–H groups in total. The number of carbonyl (C=O) groups is 2. The smallest absolute Gasteiger partial charge is 0.326 e. The summed E-state index contributed by atoms with van der Waals surface area (Å²) in [7, 11) is 1.55. The van der Waals surface area contributed by atoms with Crippen molar-refractivity contribution < 1.29 is 24.5 Å². The molecule has 0 aromatic rings. The van der Waals surface area contributed by atoms with Crippen LogP contribution in [0.3, 0.4) is 0 Å². The zero-order valence-electron chi connectivity index (χ0n) is 9.60. The number of carboxylic acids is 1. The second-order valence-corrected chi connectivity index (χ2v) is 3.56. The van der Waals surface area contributed by atoms with Gasteiger partial charge in [-0.15, -0.1) is 0 Å². The number of carbonyl (C=O) groups excluding carboxylic acids is 1. The minimum absolute atomic E-state index is 0.0148. The first kappa shape index (κ1) is 14.9. The summed E-state index contributed by atoms with van der Waals surface area (Å²) >= 11 is 0. The molecule has 0 heterocycles. The van der Waals surface area contributed by atoms with Gasteiger partial charge >= 0.3 is 5.97 Å². The third-order valence-corrected chi connectivity index (χ3v) is 2.23. The molecule has 0 aromatic carbocycles. The molecular weight excluding hydrogens is 214 g/mol. The van der Waals surface area contributed by atoms with Crippen LogP contribution in [0.15, 0.2) is 0 Å². The van der Waals surface area contributed by atoms with Crippen LogP contribution in [0.4, 0.5) is 0 Å². The lowest BCUT2D eigenvalue weighted by Crippen LogP contribution is -2.41. The van der Waals surface area contributed by atoms with Crippen molar-refractivity contribution in [2.45, 2.75) is 38.3 Å². The molecule has 1 amide bonds. The second kappa shape index (κ2) is 8.06. The van der Waals surface area contributed by atoms with Gasteiger partial charge in [0.2, 0.25) is 5.91 Å². The van der Waals surface area contributed by atoms with E-state index in [-0.39, 0.29) is 31.5 Å². The molecule has 6 nitrogen and oxygen atoms in total. The van der Waals surface area contributed by atoms with E-state index < -0.39 is 12.0 Å². The fraction of sp³-hybridized carbons (Fsp3) is 0.800. The molecule has 94 valence electrons. The normalized spacial score (nSPS) is 14.2. The largest absolute Gasteiger partial charge is 0.480 e. The van der Waals surface area contributed by atoms with E-state index >= 15 is 0 Å². The van der Waals surface area contributed by atoms with Gasteiger partial charge in [-0.2, -0.15) is 0 Å². The number of methoxy groups -OCH3 is 1. The van der Waals surface area contributed by atoms with Gasteiger partial charge in [0.1, 0.15) is 6.04 Å².